The zero-order valence-electron chi connectivity index (χ0n) is 7.94. The molecule has 2 atom stereocenters. The molecule has 0 saturated carbocycles. The minimum absolute atomic E-state index is 0.262. The van der Waals surface area contributed by atoms with Gasteiger partial charge in [-0.1, -0.05) is 0 Å². The van der Waals surface area contributed by atoms with Crippen LogP contribution in [0.25, 0.3) is 0 Å². The van der Waals surface area contributed by atoms with Gasteiger partial charge in [0.05, 0.1) is 5.75 Å². The predicted molar refractivity (Wildman–Crippen MR) is 55.9 cm³/mol. The zero-order chi connectivity index (χ0) is 12.9. The van der Waals surface area contributed by atoms with Gasteiger partial charge in [-0.2, -0.15) is 8.42 Å². The van der Waals surface area contributed by atoms with Crippen LogP contribution in [0.1, 0.15) is 0 Å². The van der Waals surface area contributed by atoms with Gasteiger partial charge in [-0.3, -0.25) is 14.1 Å². The molecule has 8 nitrogen and oxygen atoms in total. The first-order chi connectivity index (χ1) is 7.13. The second kappa shape index (κ2) is 6.03. The summed E-state index contributed by atoms with van der Waals surface area (Å²) in [6.07, 6.45) is 0. The molecule has 0 bridgehead atoms. The molecular formula is C6H11NO7S2. The first-order valence-electron chi connectivity index (χ1n) is 3.91. The van der Waals surface area contributed by atoms with Crippen molar-refractivity contribution in [3.8, 4) is 0 Å². The van der Waals surface area contributed by atoms with Gasteiger partial charge in [0.25, 0.3) is 10.1 Å². The lowest BCUT2D eigenvalue weighted by Crippen LogP contribution is -2.35. The number of carboxylic acid groups (broad SMARTS) is 2. The van der Waals surface area contributed by atoms with Gasteiger partial charge in [0, 0.05) is 5.75 Å². The lowest BCUT2D eigenvalue weighted by Gasteiger charge is -2.11. The van der Waals surface area contributed by atoms with E-state index >= 15 is 0 Å². The van der Waals surface area contributed by atoms with Gasteiger partial charge in [0.1, 0.15) is 11.3 Å². The second-order valence-electron chi connectivity index (χ2n) is 2.85. The molecule has 5 N–H and O–H groups in total. The molecule has 0 aromatic heterocycles. The highest BCUT2D eigenvalue weighted by Crippen LogP contribution is 2.14. The Hall–Kier alpha value is -0.840. The van der Waals surface area contributed by atoms with E-state index in [1.165, 1.54) is 0 Å². The molecular weight excluding hydrogens is 262 g/mol. The molecule has 0 aromatic carbocycles. The number of nitrogens with two attached hydrogens (primary N) is 1. The molecule has 0 aliphatic rings. The van der Waals surface area contributed by atoms with E-state index in [-0.39, 0.29) is 5.75 Å². The molecule has 16 heavy (non-hydrogen) atoms. The van der Waals surface area contributed by atoms with Crippen LogP contribution < -0.4 is 5.73 Å². The van der Waals surface area contributed by atoms with Gasteiger partial charge >= 0.3 is 11.9 Å². The van der Waals surface area contributed by atoms with E-state index in [4.69, 9.17) is 20.5 Å². The third-order valence-electron chi connectivity index (χ3n) is 1.43. The summed E-state index contributed by atoms with van der Waals surface area (Å²) in [5.41, 5.74) is 5.10. The van der Waals surface area contributed by atoms with E-state index in [2.05, 4.69) is 0 Å². The van der Waals surface area contributed by atoms with Crippen molar-refractivity contribution in [2.45, 2.75) is 11.3 Å². The summed E-state index contributed by atoms with van der Waals surface area (Å²) < 4.78 is 29.4. The molecule has 0 fully saturated rings. The summed E-state index contributed by atoms with van der Waals surface area (Å²) in [6.45, 7) is 0. The fourth-order valence-corrected chi connectivity index (χ4v) is 2.82. The maximum atomic E-state index is 10.6. The van der Waals surface area contributed by atoms with E-state index < -0.39 is 39.1 Å². The number of rotatable bonds is 7. The molecule has 0 aliphatic carbocycles. The van der Waals surface area contributed by atoms with Crippen LogP contribution in [0.5, 0.6) is 0 Å². The van der Waals surface area contributed by atoms with Crippen molar-refractivity contribution in [1.82, 2.24) is 0 Å². The van der Waals surface area contributed by atoms with Crippen molar-refractivity contribution >= 4 is 33.8 Å². The standard InChI is InChI=1S/C6H11NO7S2/c7-3(5(8)9)1-15-4(6(10)11)2-16(12,13)14/h3-4H,1-2,7H2,(H,8,9)(H,10,11)(H,12,13,14)/t3-,4?/m0/s1. The minimum Gasteiger partial charge on any atom is -0.480 e. The monoisotopic (exact) mass is 273 g/mol. The molecule has 94 valence electrons. The lowest BCUT2D eigenvalue weighted by atomic mass is 10.4. The molecule has 0 rings (SSSR count). The van der Waals surface area contributed by atoms with Crippen molar-refractivity contribution < 1.29 is 32.8 Å². The Balaban J connectivity index is 4.37. The fourth-order valence-electron chi connectivity index (χ4n) is 0.673. The number of carbonyl (C=O) groups is 2. The average Bonchev–Trinajstić information content (AvgIpc) is 2.09. The maximum Gasteiger partial charge on any atom is 0.321 e. The highest BCUT2D eigenvalue weighted by molar-refractivity contribution is 8.01. The van der Waals surface area contributed by atoms with Crippen molar-refractivity contribution in [2.24, 2.45) is 5.73 Å². The third kappa shape index (κ3) is 6.61. The Kier molecular flexibility index (Phi) is 5.72. The van der Waals surface area contributed by atoms with Gasteiger partial charge in [0.2, 0.25) is 0 Å². The van der Waals surface area contributed by atoms with Crippen LogP contribution in [0.2, 0.25) is 0 Å². The summed E-state index contributed by atoms with van der Waals surface area (Å²) in [5.74, 6) is -4.02. The number of hydrogen-bond acceptors (Lipinski definition) is 6. The second-order valence-corrected chi connectivity index (χ2v) is 5.59. The van der Waals surface area contributed by atoms with Gasteiger partial charge in [0.15, 0.2) is 0 Å². The van der Waals surface area contributed by atoms with Gasteiger partial charge in [-0.15, -0.1) is 11.8 Å². The summed E-state index contributed by atoms with van der Waals surface area (Å²) in [7, 11) is -4.43. The fraction of sp³-hybridized carbons (Fsp3) is 0.667. The summed E-state index contributed by atoms with van der Waals surface area (Å²) >= 11 is 0.548. The van der Waals surface area contributed by atoms with Gasteiger partial charge in [-0.05, 0) is 0 Å². The van der Waals surface area contributed by atoms with Crippen molar-refractivity contribution in [3.05, 3.63) is 0 Å². The van der Waals surface area contributed by atoms with Crippen LogP contribution in [0, 0.1) is 0 Å². The highest BCUT2D eigenvalue weighted by atomic mass is 32.2. The van der Waals surface area contributed by atoms with Crippen molar-refractivity contribution in [1.29, 1.82) is 0 Å². The molecule has 10 heteroatoms. The number of thioether (sulfide) groups is 1. The van der Waals surface area contributed by atoms with Gasteiger partial charge in [-0.25, -0.2) is 0 Å². The summed E-state index contributed by atoms with van der Waals surface area (Å²) in [6, 6.07) is -1.28. The van der Waals surface area contributed by atoms with Crippen molar-refractivity contribution in [3.63, 3.8) is 0 Å². The highest BCUT2D eigenvalue weighted by Gasteiger charge is 2.26. The molecule has 0 spiro atoms. The van der Waals surface area contributed by atoms with Gasteiger partial charge < -0.3 is 15.9 Å². The van der Waals surface area contributed by atoms with Crippen LogP contribution in [0.3, 0.4) is 0 Å². The first-order valence-corrected chi connectivity index (χ1v) is 6.57. The Morgan fingerprint density at radius 2 is 1.75 bits per heavy atom. The number of hydrogen-bond donors (Lipinski definition) is 4. The lowest BCUT2D eigenvalue weighted by molar-refractivity contribution is -0.138. The van der Waals surface area contributed by atoms with Crippen LogP contribution in [0.4, 0.5) is 0 Å². The van der Waals surface area contributed by atoms with E-state index in [9.17, 15) is 18.0 Å². The Morgan fingerprint density at radius 1 is 1.25 bits per heavy atom. The molecule has 0 amide bonds. The predicted octanol–water partition coefficient (Wildman–Crippen LogP) is -1.53. The molecule has 0 aromatic rings. The summed E-state index contributed by atoms with van der Waals surface area (Å²) in [4.78, 5) is 20.9. The van der Waals surface area contributed by atoms with Crippen LogP contribution >= 0.6 is 11.8 Å². The molecule has 0 heterocycles. The first kappa shape index (κ1) is 15.2. The maximum absolute atomic E-state index is 10.6. The minimum atomic E-state index is -4.43. The average molecular weight is 273 g/mol. The molecule has 0 aliphatic heterocycles. The van der Waals surface area contributed by atoms with E-state index in [0.29, 0.717) is 11.8 Å². The molecule has 0 radical (unpaired) electrons. The van der Waals surface area contributed by atoms with Crippen LogP contribution in [0.15, 0.2) is 0 Å². The van der Waals surface area contributed by atoms with E-state index in [0.717, 1.165) is 0 Å². The Bertz CT molecular complexity index is 365. The third-order valence-corrected chi connectivity index (χ3v) is 3.72. The SMILES string of the molecule is N[C@@H](CSC(CS(=O)(=O)O)C(=O)O)C(=O)O. The van der Waals surface area contributed by atoms with E-state index in [1.54, 1.807) is 0 Å². The van der Waals surface area contributed by atoms with E-state index in [1.807, 2.05) is 0 Å². The molecule has 0 saturated heterocycles. The topological polar surface area (TPSA) is 155 Å². The van der Waals surface area contributed by atoms with Crippen LogP contribution in [-0.2, 0) is 19.7 Å². The quantitative estimate of drug-likeness (QED) is 0.404. The van der Waals surface area contributed by atoms with Crippen molar-refractivity contribution in [2.75, 3.05) is 11.5 Å². The smallest absolute Gasteiger partial charge is 0.321 e. The molecule has 1 unspecified atom stereocenters. The Labute approximate surface area is 95.6 Å². The Morgan fingerprint density at radius 3 is 2.06 bits per heavy atom. The largest absolute Gasteiger partial charge is 0.480 e. The number of carboxylic acids is 2. The number of aliphatic carboxylic acids is 2. The zero-order valence-corrected chi connectivity index (χ0v) is 9.57. The summed E-state index contributed by atoms with van der Waals surface area (Å²) in [5, 5.41) is 15.6. The van der Waals surface area contributed by atoms with Crippen LogP contribution in [-0.4, -0.2) is 57.9 Å². The normalized spacial score (nSPS) is 15.4.